The summed E-state index contributed by atoms with van der Waals surface area (Å²) in [4.78, 5) is 41.9. The van der Waals surface area contributed by atoms with E-state index in [-0.39, 0.29) is 17.6 Å². The molecule has 0 N–H and O–H groups in total. The van der Waals surface area contributed by atoms with E-state index in [2.05, 4.69) is 19.9 Å². The molecule has 196 valence electrons. The Morgan fingerprint density at radius 3 is 2.35 bits per heavy atom. The Hall–Kier alpha value is -3.17. The number of ether oxygens (including phenoxy) is 1. The number of pyridine rings is 2. The summed E-state index contributed by atoms with van der Waals surface area (Å²) in [6, 6.07) is 4.94. The van der Waals surface area contributed by atoms with Crippen molar-refractivity contribution in [2.24, 2.45) is 0 Å². The SMILES string of the molecule is CC.Cc1nc(-n2cc(Cl)c(OC3CCN(c4ncc(Cl)cn4)CC3)cc2=O)ccc1N1CCCC1=O. The maximum Gasteiger partial charge on any atom is 0.260 e. The van der Waals surface area contributed by atoms with E-state index in [1.807, 2.05) is 26.8 Å². The molecule has 9 nitrogen and oxygen atoms in total. The number of aromatic nitrogens is 4. The van der Waals surface area contributed by atoms with Crippen molar-refractivity contribution in [3.8, 4) is 11.6 Å². The normalized spacial score (nSPS) is 16.0. The summed E-state index contributed by atoms with van der Waals surface area (Å²) in [5.41, 5.74) is 1.15. The lowest BCUT2D eigenvalue weighted by atomic mass is 10.1. The van der Waals surface area contributed by atoms with Gasteiger partial charge < -0.3 is 14.5 Å². The highest BCUT2D eigenvalue weighted by Crippen LogP contribution is 2.28. The van der Waals surface area contributed by atoms with Crippen LogP contribution in [0.15, 0.2) is 41.6 Å². The monoisotopic (exact) mass is 544 g/mol. The zero-order valence-electron chi connectivity index (χ0n) is 21.2. The first-order valence-corrected chi connectivity index (χ1v) is 13.2. The molecule has 0 aliphatic carbocycles. The predicted molar refractivity (Wildman–Crippen MR) is 145 cm³/mol. The van der Waals surface area contributed by atoms with Gasteiger partial charge in [0.05, 0.1) is 33.8 Å². The summed E-state index contributed by atoms with van der Waals surface area (Å²) >= 11 is 12.4. The van der Waals surface area contributed by atoms with Gasteiger partial charge in [-0.2, -0.15) is 0 Å². The second-order valence-electron chi connectivity index (χ2n) is 8.62. The van der Waals surface area contributed by atoms with E-state index >= 15 is 0 Å². The van der Waals surface area contributed by atoms with E-state index in [0.717, 1.165) is 38.0 Å². The zero-order valence-corrected chi connectivity index (χ0v) is 22.7. The first-order valence-electron chi connectivity index (χ1n) is 12.5. The first kappa shape index (κ1) is 26.9. The van der Waals surface area contributed by atoms with Gasteiger partial charge in [-0.3, -0.25) is 14.2 Å². The van der Waals surface area contributed by atoms with Crippen molar-refractivity contribution < 1.29 is 9.53 Å². The summed E-state index contributed by atoms with van der Waals surface area (Å²) < 4.78 is 7.47. The van der Waals surface area contributed by atoms with Gasteiger partial charge in [-0.1, -0.05) is 37.0 Å². The number of halogens is 2. The van der Waals surface area contributed by atoms with Crippen LogP contribution in [0.3, 0.4) is 0 Å². The molecule has 3 aromatic heterocycles. The van der Waals surface area contributed by atoms with Crippen molar-refractivity contribution in [2.75, 3.05) is 29.4 Å². The van der Waals surface area contributed by atoms with Crippen LogP contribution in [-0.4, -0.2) is 51.2 Å². The number of carbonyl (C=O) groups excluding carboxylic acids is 1. The number of carbonyl (C=O) groups is 1. The minimum absolute atomic E-state index is 0.0797. The Bertz CT molecular complexity index is 1310. The highest BCUT2D eigenvalue weighted by atomic mass is 35.5. The van der Waals surface area contributed by atoms with Gasteiger partial charge in [-0.15, -0.1) is 0 Å². The van der Waals surface area contributed by atoms with Crippen LogP contribution in [0.4, 0.5) is 11.6 Å². The van der Waals surface area contributed by atoms with Crippen LogP contribution in [-0.2, 0) is 4.79 Å². The lowest BCUT2D eigenvalue weighted by Gasteiger charge is -2.32. The summed E-state index contributed by atoms with van der Waals surface area (Å²) in [6.45, 7) is 7.95. The smallest absolute Gasteiger partial charge is 0.260 e. The standard InChI is InChI=1S/C24H24Cl2N6O3.C2H6/c1-15-19(31-8-2-3-22(31)33)4-5-21(29-15)32-14-18(26)20(11-23(32)34)35-17-6-9-30(10-7-17)24-27-12-16(25)13-28-24;1-2/h4-5,11-14,17H,2-3,6-10H2,1H3;1-2H3. The quantitative estimate of drug-likeness (QED) is 0.453. The first-order chi connectivity index (χ1) is 17.9. The predicted octanol–water partition coefficient (Wildman–Crippen LogP) is 4.84. The van der Waals surface area contributed by atoms with E-state index < -0.39 is 0 Å². The highest BCUT2D eigenvalue weighted by molar-refractivity contribution is 6.32. The molecule has 0 unspecified atom stereocenters. The zero-order chi connectivity index (χ0) is 26.5. The third-order valence-electron chi connectivity index (χ3n) is 6.25. The molecule has 0 aromatic carbocycles. The number of rotatable bonds is 5. The van der Waals surface area contributed by atoms with Crippen molar-refractivity contribution in [3.05, 3.63) is 62.9 Å². The van der Waals surface area contributed by atoms with Crippen molar-refractivity contribution in [1.29, 1.82) is 0 Å². The minimum Gasteiger partial charge on any atom is -0.488 e. The van der Waals surface area contributed by atoms with E-state index in [1.165, 1.54) is 16.8 Å². The lowest BCUT2D eigenvalue weighted by molar-refractivity contribution is -0.117. The third-order valence-corrected chi connectivity index (χ3v) is 6.73. The minimum atomic E-state index is -0.298. The fourth-order valence-electron chi connectivity index (χ4n) is 4.45. The molecule has 37 heavy (non-hydrogen) atoms. The van der Waals surface area contributed by atoms with Crippen molar-refractivity contribution >= 4 is 40.7 Å². The molecule has 2 fully saturated rings. The molecule has 2 aliphatic heterocycles. The summed E-state index contributed by atoms with van der Waals surface area (Å²) in [7, 11) is 0. The van der Waals surface area contributed by atoms with Crippen molar-refractivity contribution in [2.45, 2.75) is 52.6 Å². The Morgan fingerprint density at radius 1 is 1.03 bits per heavy atom. The van der Waals surface area contributed by atoms with Crippen LogP contribution >= 0.6 is 23.2 Å². The molecular weight excluding hydrogens is 515 g/mol. The lowest BCUT2D eigenvalue weighted by Crippen LogP contribution is -2.39. The van der Waals surface area contributed by atoms with Gasteiger partial charge in [0, 0.05) is 51.2 Å². The molecule has 0 bridgehead atoms. The molecular formula is C26H30Cl2N6O3. The van der Waals surface area contributed by atoms with Gasteiger partial charge in [0.2, 0.25) is 11.9 Å². The average molecular weight is 545 g/mol. The second-order valence-corrected chi connectivity index (χ2v) is 9.47. The number of piperidine rings is 1. The van der Waals surface area contributed by atoms with Crippen LogP contribution in [0.5, 0.6) is 5.75 Å². The van der Waals surface area contributed by atoms with Crippen LogP contribution in [0.2, 0.25) is 10.0 Å². The van der Waals surface area contributed by atoms with Crippen LogP contribution in [0.25, 0.3) is 5.82 Å². The fraction of sp³-hybridized carbons (Fsp3) is 0.423. The Kier molecular flexibility index (Phi) is 8.66. The highest BCUT2D eigenvalue weighted by Gasteiger charge is 2.25. The molecule has 5 rings (SSSR count). The Labute approximate surface area is 226 Å². The summed E-state index contributed by atoms with van der Waals surface area (Å²) in [6.07, 6.45) is 7.47. The molecule has 0 spiro atoms. The average Bonchev–Trinajstić information content (AvgIpc) is 3.33. The van der Waals surface area contributed by atoms with E-state index in [4.69, 9.17) is 27.9 Å². The van der Waals surface area contributed by atoms with E-state index in [1.54, 1.807) is 23.4 Å². The molecule has 2 saturated heterocycles. The van der Waals surface area contributed by atoms with Gasteiger partial charge >= 0.3 is 0 Å². The molecule has 0 saturated carbocycles. The van der Waals surface area contributed by atoms with Crippen molar-refractivity contribution in [1.82, 2.24) is 19.5 Å². The maximum atomic E-state index is 12.9. The molecule has 5 heterocycles. The van der Waals surface area contributed by atoms with Gasteiger partial charge in [0.15, 0.2) is 0 Å². The molecule has 0 radical (unpaired) electrons. The van der Waals surface area contributed by atoms with Gasteiger partial charge in [-0.05, 0) is 25.5 Å². The van der Waals surface area contributed by atoms with Crippen LogP contribution in [0, 0.1) is 6.92 Å². The molecule has 0 atom stereocenters. The summed E-state index contributed by atoms with van der Waals surface area (Å²) in [5.74, 6) is 1.52. The Balaban J connectivity index is 0.00000156. The number of anilines is 2. The number of aryl methyl sites for hydroxylation is 1. The third kappa shape index (κ3) is 6.05. The molecule has 11 heteroatoms. The maximum absolute atomic E-state index is 12.9. The number of nitrogens with zero attached hydrogens (tertiary/aromatic N) is 6. The second kappa shape index (κ2) is 11.9. The van der Waals surface area contributed by atoms with E-state index in [9.17, 15) is 9.59 Å². The van der Waals surface area contributed by atoms with Crippen LogP contribution < -0.4 is 20.1 Å². The number of amides is 1. The van der Waals surface area contributed by atoms with Crippen molar-refractivity contribution in [3.63, 3.8) is 0 Å². The van der Waals surface area contributed by atoms with Gasteiger partial charge in [0.1, 0.15) is 17.7 Å². The summed E-state index contributed by atoms with van der Waals surface area (Å²) in [5, 5.41) is 0.825. The molecule has 3 aromatic rings. The molecule has 1 amide bonds. The number of hydrogen-bond acceptors (Lipinski definition) is 7. The van der Waals surface area contributed by atoms with Gasteiger partial charge in [0.25, 0.3) is 5.56 Å². The van der Waals surface area contributed by atoms with Crippen LogP contribution in [0.1, 0.15) is 45.2 Å². The van der Waals surface area contributed by atoms with Gasteiger partial charge in [-0.25, -0.2) is 15.0 Å². The largest absolute Gasteiger partial charge is 0.488 e. The fourth-order valence-corrected chi connectivity index (χ4v) is 4.74. The molecule has 2 aliphatic rings. The van der Waals surface area contributed by atoms with E-state index in [0.29, 0.717) is 46.2 Å². The number of hydrogen-bond donors (Lipinski definition) is 0. The Morgan fingerprint density at radius 2 is 1.73 bits per heavy atom. The topological polar surface area (TPSA) is 93.4 Å².